The third kappa shape index (κ3) is 5.95. The molecule has 0 aliphatic heterocycles. The summed E-state index contributed by atoms with van der Waals surface area (Å²) in [6, 6.07) is 0. The van der Waals surface area contributed by atoms with Gasteiger partial charge >= 0.3 is 11.9 Å². The molecule has 0 N–H and O–H groups in total. The third-order valence-corrected chi connectivity index (χ3v) is 1.82. The quantitative estimate of drug-likeness (QED) is 0.385. The molecular formula is C11H16O5. The van der Waals surface area contributed by atoms with Crippen molar-refractivity contribution in [2.24, 2.45) is 0 Å². The zero-order valence-electron chi connectivity index (χ0n) is 9.69. The van der Waals surface area contributed by atoms with Crippen molar-refractivity contribution >= 4 is 18.2 Å². The van der Waals surface area contributed by atoms with Crippen LogP contribution >= 0.6 is 0 Å². The summed E-state index contributed by atoms with van der Waals surface area (Å²) in [5, 5.41) is 0. The van der Waals surface area contributed by atoms with Crippen LogP contribution in [-0.2, 0) is 23.9 Å². The standard InChI is InChI=1S/C11H16O5/c1-4-11(16-9(3)14)10(5-6-12)7-15-8(2)13/h5-6,11H,4,7H2,1-3H3/b10-5+. The first-order chi connectivity index (χ1) is 7.51. The second-order valence-corrected chi connectivity index (χ2v) is 3.16. The Labute approximate surface area is 94.4 Å². The van der Waals surface area contributed by atoms with Crippen molar-refractivity contribution in [3.63, 3.8) is 0 Å². The zero-order chi connectivity index (χ0) is 12.6. The molecule has 1 atom stereocenters. The molecule has 0 saturated heterocycles. The van der Waals surface area contributed by atoms with Crippen LogP contribution < -0.4 is 0 Å². The van der Waals surface area contributed by atoms with Gasteiger partial charge in [0, 0.05) is 19.4 Å². The first kappa shape index (κ1) is 14.3. The summed E-state index contributed by atoms with van der Waals surface area (Å²) in [5.74, 6) is -0.888. The first-order valence-electron chi connectivity index (χ1n) is 4.96. The van der Waals surface area contributed by atoms with E-state index in [9.17, 15) is 14.4 Å². The van der Waals surface area contributed by atoms with Crippen molar-refractivity contribution in [1.29, 1.82) is 0 Å². The van der Waals surface area contributed by atoms with Gasteiger partial charge in [-0.05, 0) is 12.5 Å². The van der Waals surface area contributed by atoms with E-state index in [4.69, 9.17) is 9.47 Å². The number of aldehydes is 1. The van der Waals surface area contributed by atoms with E-state index in [0.29, 0.717) is 18.3 Å². The van der Waals surface area contributed by atoms with Crippen LogP contribution in [0.25, 0.3) is 0 Å². The number of ether oxygens (including phenoxy) is 2. The minimum Gasteiger partial charge on any atom is -0.461 e. The summed E-state index contributed by atoms with van der Waals surface area (Å²) in [7, 11) is 0. The Kier molecular flexibility index (Phi) is 6.83. The molecule has 90 valence electrons. The monoisotopic (exact) mass is 228 g/mol. The number of rotatable bonds is 6. The summed E-state index contributed by atoms with van der Waals surface area (Å²) < 4.78 is 9.75. The third-order valence-electron chi connectivity index (χ3n) is 1.82. The zero-order valence-corrected chi connectivity index (χ0v) is 9.69. The molecule has 0 bridgehead atoms. The molecule has 16 heavy (non-hydrogen) atoms. The minimum absolute atomic E-state index is 0.0418. The summed E-state index contributed by atoms with van der Waals surface area (Å²) in [4.78, 5) is 31.9. The fraction of sp³-hybridized carbons (Fsp3) is 0.545. The molecule has 0 amide bonds. The Balaban J connectivity index is 4.59. The van der Waals surface area contributed by atoms with Crippen molar-refractivity contribution in [3.05, 3.63) is 11.6 Å². The molecule has 0 heterocycles. The van der Waals surface area contributed by atoms with E-state index in [1.165, 1.54) is 19.9 Å². The van der Waals surface area contributed by atoms with E-state index in [1.54, 1.807) is 6.92 Å². The average Bonchev–Trinajstić information content (AvgIpc) is 2.20. The van der Waals surface area contributed by atoms with E-state index < -0.39 is 18.0 Å². The molecule has 0 aliphatic carbocycles. The van der Waals surface area contributed by atoms with Crippen molar-refractivity contribution in [2.75, 3.05) is 6.61 Å². The van der Waals surface area contributed by atoms with E-state index in [0.717, 1.165) is 0 Å². The van der Waals surface area contributed by atoms with E-state index in [-0.39, 0.29) is 6.61 Å². The Bertz CT molecular complexity index is 293. The lowest BCUT2D eigenvalue weighted by Crippen LogP contribution is -2.22. The molecule has 0 spiro atoms. The Morgan fingerprint density at radius 1 is 1.25 bits per heavy atom. The van der Waals surface area contributed by atoms with Gasteiger partial charge in [-0.15, -0.1) is 0 Å². The van der Waals surface area contributed by atoms with E-state index >= 15 is 0 Å². The maximum Gasteiger partial charge on any atom is 0.303 e. The Morgan fingerprint density at radius 3 is 2.25 bits per heavy atom. The SMILES string of the molecule is CCC(OC(C)=O)/C(=C/C=O)COC(C)=O. The topological polar surface area (TPSA) is 69.7 Å². The molecule has 0 fully saturated rings. The van der Waals surface area contributed by atoms with E-state index in [1.807, 2.05) is 0 Å². The highest BCUT2D eigenvalue weighted by Crippen LogP contribution is 2.11. The van der Waals surface area contributed by atoms with Crippen LogP contribution in [0.5, 0.6) is 0 Å². The predicted molar refractivity (Wildman–Crippen MR) is 56.6 cm³/mol. The summed E-state index contributed by atoms with van der Waals surface area (Å²) in [6.45, 7) is 4.32. The minimum atomic E-state index is -0.526. The highest BCUT2D eigenvalue weighted by Gasteiger charge is 2.16. The van der Waals surface area contributed by atoms with Crippen LogP contribution in [0.15, 0.2) is 11.6 Å². The van der Waals surface area contributed by atoms with Crippen molar-refractivity contribution in [2.45, 2.75) is 33.3 Å². The fourth-order valence-corrected chi connectivity index (χ4v) is 1.14. The maximum absolute atomic E-state index is 10.8. The van der Waals surface area contributed by atoms with Crippen LogP contribution in [0.3, 0.4) is 0 Å². The van der Waals surface area contributed by atoms with Crippen molar-refractivity contribution in [1.82, 2.24) is 0 Å². The molecule has 1 unspecified atom stereocenters. The molecular weight excluding hydrogens is 212 g/mol. The number of carbonyl (C=O) groups excluding carboxylic acids is 3. The second-order valence-electron chi connectivity index (χ2n) is 3.16. The lowest BCUT2D eigenvalue weighted by Gasteiger charge is -2.18. The van der Waals surface area contributed by atoms with Gasteiger partial charge in [0.1, 0.15) is 19.0 Å². The van der Waals surface area contributed by atoms with Gasteiger partial charge in [-0.2, -0.15) is 0 Å². The van der Waals surface area contributed by atoms with Crippen molar-refractivity contribution in [3.8, 4) is 0 Å². The Morgan fingerprint density at radius 2 is 1.88 bits per heavy atom. The number of esters is 2. The summed E-state index contributed by atoms with van der Waals surface area (Å²) >= 11 is 0. The van der Waals surface area contributed by atoms with Crippen LogP contribution in [0.1, 0.15) is 27.2 Å². The lowest BCUT2D eigenvalue weighted by atomic mass is 10.1. The van der Waals surface area contributed by atoms with Gasteiger partial charge in [-0.3, -0.25) is 14.4 Å². The predicted octanol–water partition coefficient (Wildman–Crippen LogP) is 1.02. The van der Waals surface area contributed by atoms with Crippen LogP contribution in [-0.4, -0.2) is 30.9 Å². The first-order valence-corrected chi connectivity index (χ1v) is 4.96. The Hall–Kier alpha value is -1.65. The second kappa shape index (κ2) is 7.62. The van der Waals surface area contributed by atoms with Gasteiger partial charge in [-0.25, -0.2) is 0 Å². The maximum atomic E-state index is 10.8. The number of hydrogen-bond donors (Lipinski definition) is 0. The van der Waals surface area contributed by atoms with Gasteiger partial charge in [0.05, 0.1) is 0 Å². The molecule has 5 heteroatoms. The molecule has 0 aromatic heterocycles. The van der Waals surface area contributed by atoms with Crippen molar-refractivity contribution < 1.29 is 23.9 Å². The molecule has 0 saturated carbocycles. The van der Waals surface area contributed by atoms with Gasteiger partial charge in [0.2, 0.25) is 0 Å². The molecule has 0 aromatic rings. The average molecular weight is 228 g/mol. The molecule has 0 aliphatic rings. The van der Waals surface area contributed by atoms with Crippen LogP contribution in [0.4, 0.5) is 0 Å². The van der Waals surface area contributed by atoms with Gasteiger partial charge in [-0.1, -0.05) is 6.92 Å². The molecule has 5 nitrogen and oxygen atoms in total. The molecule has 0 radical (unpaired) electrons. The smallest absolute Gasteiger partial charge is 0.303 e. The number of carbonyl (C=O) groups is 3. The van der Waals surface area contributed by atoms with Crippen LogP contribution in [0, 0.1) is 0 Å². The highest BCUT2D eigenvalue weighted by atomic mass is 16.6. The number of hydrogen-bond acceptors (Lipinski definition) is 5. The van der Waals surface area contributed by atoms with Gasteiger partial charge in [0.15, 0.2) is 0 Å². The normalized spacial score (nSPS) is 12.8. The lowest BCUT2D eigenvalue weighted by molar-refractivity contribution is -0.145. The van der Waals surface area contributed by atoms with Gasteiger partial charge in [0.25, 0.3) is 0 Å². The highest BCUT2D eigenvalue weighted by molar-refractivity contribution is 5.69. The molecule has 0 aromatic carbocycles. The number of allylic oxidation sites excluding steroid dienone is 1. The largest absolute Gasteiger partial charge is 0.461 e. The van der Waals surface area contributed by atoms with E-state index in [2.05, 4.69) is 0 Å². The summed E-state index contributed by atoms with van der Waals surface area (Å²) in [6.07, 6.45) is 1.81. The molecule has 0 rings (SSSR count). The summed E-state index contributed by atoms with van der Waals surface area (Å²) in [5.41, 5.74) is 0.475. The fourth-order valence-electron chi connectivity index (χ4n) is 1.14. The van der Waals surface area contributed by atoms with Gasteiger partial charge < -0.3 is 9.47 Å². The van der Waals surface area contributed by atoms with Crippen LogP contribution in [0.2, 0.25) is 0 Å².